The van der Waals surface area contributed by atoms with Gasteiger partial charge in [-0.1, -0.05) is 17.7 Å². The molecule has 0 aliphatic carbocycles. The molecular weight excluding hydrogens is 425 g/mol. The quantitative estimate of drug-likeness (QED) is 0.503. The van der Waals surface area contributed by atoms with Crippen molar-refractivity contribution in [2.45, 2.75) is 11.4 Å². The molecular formula is C18H19ClFN3O5S. The Balaban J connectivity index is 1.91. The van der Waals surface area contributed by atoms with Gasteiger partial charge >= 0.3 is 0 Å². The third kappa shape index (κ3) is 4.67. The van der Waals surface area contributed by atoms with Crippen molar-refractivity contribution in [2.75, 3.05) is 38.3 Å². The van der Waals surface area contributed by atoms with E-state index in [4.69, 9.17) is 16.3 Å². The number of morpholine rings is 1. The molecule has 1 heterocycles. The van der Waals surface area contributed by atoms with E-state index in [1.807, 2.05) is 0 Å². The van der Waals surface area contributed by atoms with Gasteiger partial charge in [-0.25, -0.2) is 12.8 Å². The monoisotopic (exact) mass is 443 g/mol. The third-order valence-electron chi connectivity index (χ3n) is 4.57. The van der Waals surface area contributed by atoms with Gasteiger partial charge in [0.15, 0.2) is 0 Å². The van der Waals surface area contributed by atoms with E-state index in [0.717, 1.165) is 6.07 Å². The summed E-state index contributed by atoms with van der Waals surface area (Å²) in [5, 5.41) is 11.6. The predicted molar refractivity (Wildman–Crippen MR) is 106 cm³/mol. The number of rotatable bonds is 6. The summed E-state index contributed by atoms with van der Waals surface area (Å²) >= 11 is 5.68. The first-order chi connectivity index (χ1) is 13.7. The standard InChI is InChI=1S/C18H19ClFN3O5S/c1-21(12-13-2-4-15(19)16(20)10-13)17-5-3-14(11-18(17)23(24)25)29(26,27)22-6-8-28-9-7-22/h2-5,10-11H,6-9,12H2,1H3. The molecule has 1 aliphatic rings. The van der Waals surface area contributed by atoms with E-state index < -0.39 is 20.8 Å². The number of hydrogen-bond donors (Lipinski definition) is 0. The van der Waals surface area contributed by atoms with Crippen LogP contribution in [-0.4, -0.2) is 51.0 Å². The summed E-state index contributed by atoms with van der Waals surface area (Å²) in [6, 6.07) is 8.06. The van der Waals surface area contributed by atoms with Crippen LogP contribution >= 0.6 is 11.6 Å². The molecule has 3 rings (SSSR count). The van der Waals surface area contributed by atoms with Crippen LogP contribution in [0, 0.1) is 15.9 Å². The SMILES string of the molecule is CN(Cc1ccc(Cl)c(F)c1)c1ccc(S(=O)(=O)N2CCOCC2)cc1[N+](=O)[O-]. The summed E-state index contributed by atoms with van der Waals surface area (Å²) in [6.07, 6.45) is 0. The number of ether oxygens (including phenoxy) is 1. The van der Waals surface area contributed by atoms with Gasteiger partial charge in [0.05, 0.1) is 28.1 Å². The summed E-state index contributed by atoms with van der Waals surface area (Å²) < 4.78 is 45.6. The lowest BCUT2D eigenvalue weighted by atomic mass is 10.2. The maximum absolute atomic E-state index is 13.7. The van der Waals surface area contributed by atoms with E-state index in [1.54, 1.807) is 18.0 Å². The molecule has 0 aromatic heterocycles. The van der Waals surface area contributed by atoms with E-state index in [1.165, 1.54) is 28.6 Å². The van der Waals surface area contributed by atoms with Crippen molar-refractivity contribution in [1.29, 1.82) is 0 Å². The van der Waals surface area contributed by atoms with E-state index in [0.29, 0.717) is 5.56 Å². The maximum Gasteiger partial charge on any atom is 0.293 e. The van der Waals surface area contributed by atoms with E-state index >= 15 is 0 Å². The highest BCUT2D eigenvalue weighted by Gasteiger charge is 2.29. The summed E-state index contributed by atoms with van der Waals surface area (Å²) in [5.41, 5.74) is 0.427. The number of sulfonamides is 1. The number of halogens is 2. The van der Waals surface area contributed by atoms with Crippen LogP contribution in [0.3, 0.4) is 0 Å². The van der Waals surface area contributed by atoms with E-state index in [2.05, 4.69) is 0 Å². The zero-order chi connectivity index (χ0) is 21.2. The molecule has 0 bridgehead atoms. The molecule has 11 heteroatoms. The van der Waals surface area contributed by atoms with Crippen molar-refractivity contribution < 1.29 is 22.5 Å². The highest BCUT2D eigenvalue weighted by Crippen LogP contribution is 2.32. The van der Waals surface area contributed by atoms with Crippen molar-refractivity contribution in [2.24, 2.45) is 0 Å². The lowest BCUT2D eigenvalue weighted by molar-refractivity contribution is -0.384. The van der Waals surface area contributed by atoms with E-state index in [-0.39, 0.29) is 54.1 Å². The van der Waals surface area contributed by atoms with Gasteiger partial charge in [0.2, 0.25) is 10.0 Å². The van der Waals surface area contributed by atoms with Gasteiger partial charge in [0.1, 0.15) is 11.5 Å². The fourth-order valence-electron chi connectivity index (χ4n) is 3.07. The zero-order valence-corrected chi connectivity index (χ0v) is 17.1. The van der Waals surface area contributed by atoms with Gasteiger partial charge in [0.25, 0.3) is 5.69 Å². The Kier molecular flexibility index (Phi) is 6.37. The average Bonchev–Trinajstić information content (AvgIpc) is 2.70. The summed E-state index contributed by atoms with van der Waals surface area (Å²) in [4.78, 5) is 12.4. The fraction of sp³-hybridized carbons (Fsp3) is 0.333. The van der Waals surface area contributed by atoms with Crippen LogP contribution < -0.4 is 4.90 Å². The maximum atomic E-state index is 13.7. The summed E-state index contributed by atoms with van der Waals surface area (Å²) in [6.45, 7) is 1.11. The Labute approximate surface area is 172 Å². The summed E-state index contributed by atoms with van der Waals surface area (Å²) in [7, 11) is -2.26. The largest absolute Gasteiger partial charge is 0.379 e. The molecule has 1 saturated heterocycles. The summed E-state index contributed by atoms with van der Waals surface area (Å²) in [5.74, 6) is -0.584. The second-order valence-electron chi connectivity index (χ2n) is 6.53. The topological polar surface area (TPSA) is 93.0 Å². The molecule has 0 unspecified atom stereocenters. The normalized spacial score (nSPS) is 15.3. The Bertz CT molecular complexity index is 1030. The predicted octanol–water partition coefficient (Wildman–Crippen LogP) is 3.04. The van der Waals surface area contributed by atoms with Crippen LogP contribution in [0.1, 0.15) is 5.56 Å². The van der Waals surface area contributed by atoms with Crippen molar-refractivity contribution >= 4 is 33.0 Å². The van der Waals surface area contributed by atoms with Gasteiger partial charge < -0.3 is 9.64 Å². The Morgan fingerprint density at radius 1 is 1.24 bits per heavy atom. The minimum atomic E-state index is -3.86. The Hall–Kier alpha value is -2.27. The number of anilines is 1. The molecule has 156 valence electrons. The molecule has 0 N–H and O–H groups in total. The van der Waals surface area contributed by atoms with E-state index in [9.17, 15) is 22.9 Å². The number of nitrogens with zero attached hydrogens (tertiary/aromatic N) is 3. The molecule has 1 fully saturated rings. The highest BCUT2D eigenvalue weighted by molar-refractivity contribution is 7.89. The van der Waals surface area contributed by atoms with Gasteiger partial charge in [-0.2, -0.15) is 4.31 Å². The first-order valence-electron chi connectivity index (χ1n) is 8.71. The molecule has 0 amide bonds. The van der Waals surface area contributed by atoms with Crippen LogP contribution in [0.5, 0.6) is 0 Å². The second kappa shape index (κ2) is 8.62. The minimum Gasteiger partial charge on any atom is -0.379 e. The molecule has 2 aromatic carbocycles. The molecule has 0 atom stereocenters. The van der Waals surface area contributed by atoms with Gasteiger partial charge in [-0.3, -0.25) is 10.1 Å². The van der Waals surface area contributed by atoms with Crippen LogP contribution in [0.25, 0.3) is 0 Å². The van der Waals surface area contributed by atoms with Crippen LogP contribution in [-0.2, 0) is 21.3 Å². The number of hydrogen-bond acceptors (Lipinski definition) is 6. The number of benzene rings is 2. The molecule has 0 radical (unpaired) electrons. The van der Waals surface area contributed by atoms with Crippen LogP contribution in [0.15, 0.2) is 41.3 Å². The Morgan fingerprint density at radius 3 is 2.55 bits per heavy atom. The Morgan fingerprint density at radius 2 is 1.93 bits per heavy atom. The molecule has 8 nitrogen and oxygen atoms in total. The van der Waals surface area contributed by atoms with Crippen LogP contribution in [0.2, 0.25) is 5.02 Å². The smallest absolute Gasteiger partial charge is 0.293 e. The molecule has 2 aromatic rings. The van der Waals surface area contributed by atoms with Crippen molar-refractivity contribution in [3.8, 4) is 0 Å². The molecule has 29 heavy (non-hydrogen) atoms. The average molecular weight is 444 g/mol. The fourth-order valence-corrected chi connectivity index (χ4v) is 4.61. The molecule has 1 aliphatic heterocycles. The van der Waals surface area contributed by atoms with Gasteiger partial charge in [0, 0.05) is 32.7 Å². The minimum absolute atomic E-state index is 0.0138. The van der Waals surface area contributed by atoms with Gasteiger partial charge in [-0.15, -0.1) is 0 Å². The van der Waals surface area contributed by atoms with Crippen LogP contribution in [0.4, 0.5) is 15.8 Å². The first kappa shape index (κ1) is 21.4. The molecule has 0 spiro atoms. The highest BCUT2D eigenvalue weighted by atomic mass is 35.5. The second-order valence-corrected chi connectivity index (χ2v) is 8.87. The zero-order valence-electron chi connectivity index (χ0n) is 15.5. The van der Waals surface area contributed by atoms with Crippen molar-refractivity contribution in [3.63, 3.8) is 0 Å². The third-order valence-corrected chi connectivity index (χ3v) is 6.77. The molecule has 0 saturated carbocycles. The number of nitro groups is 1. The van der Waals surface area contributed by atoms with Crippen molar-refractivity contribution in [3.05, 3.63) is 62.9 Å². The first-order valence-corrected chi connectivity index (χ1v) is 10.5. The van der Waals surface area contributed by atoms with Crippen molar-refractivity contribution in [1.82, 2.24) is 4.31 Å². The lowest BCUT2D eigenvalue weighted by Gasteiger charge is -2.26. The van der Waals surface area contributed by atoms with Gasteiger partial charge in [-0.05, 0) is 29.8 Å². The lowest BCUT2D eigenvalue weighted by Crippen LogP contribution is -2.40. The number of nitro benzene ring substituents is 1.